The topological polar surface area (TPSA) is 87.2 Å². The number of H-pyrrole nitrogens is 1. The normalized spacial score (nSPS) is 16.3. The number of carboxylic acids is 1. The van der Waals surface area contributed by atoms with Gasteiger partial charge in [-0.2, -0.15) is 0 Å². The monoisotopic (exact) mass is 391 g/mol. The van der Waals surface area contributed by atoms with Gasteiger partial charge in [0, 0.05) is 6.42 Å². The van der Waals surface area contributed by atoms with Gasteiger partial charge in [0.25, 0.3) is 0 Å². The van der Waals surface area contributed by atoms with Crippen molar-refractivity contribution >= 4 is 25.3 Å². The number of likely N-dealkylation sites (N-methyl/N-ethyl adjacent to an activating group) is 1. The highest BCUT2D eigenvalue weighted by Gasteiger charge is 2.43. The van der Waals surface area contributed by atoms with Gasteiger partial charge in [-0.15, -0.1) is 0 Å². The molecule has 2 rings (SSSR count). The first-order valence-electron chi connectivity index (χ1n) is 9.48. The number of nitrogens with one attached hydrogen (secondary N) is 2. The number of imidazole rings is 1. The predicted octanol–water partition coefficient (Wildman–Crippen LogP) is 3.80. The SMILES string of the molecule is CN[C@H](C(=O)O)[C@H](O[Si](C)(C)C(C)(C)C)[C@H](C)Cc1nc2ccccc2[nH]1. The summed E-state index contributed by atoms with van der Waals surface area (Å²) in [6.07, 6.45) is 0.181. The van der Waals surface area contributed by atoms with Crippen LogP contribution in [0.25, 0.3) is 11.0 Å². The van der Waals surface area contributed by atoms with Crippen molar-refractivity contribution < 1.29 is 14.3 Å². The van der Waals surface area contributed by atoms with Crippen LogP contribution in [-0.2, 0) is 15.6 Å². The van der Waals surface area contributed by atoms with Gasteiger partial charge in [0.2, 0.25) is 0 Å². The Morgan fingerprint density at radius 3 is 2.48 bits per heavy atom. The maximum Gasteiger partial charge on any atom is 0.323 e. The number of nitrogens with zero attached hydrogens (tertiary/aromatic N) is 1. The summed E-state index contributed by atoms with van der Waals surface area (Å²) in [6, 6.07) is 7.13. The second kappa shape index (κ2) is 8.12. The van der Waals surface area contributed by atoms with Crippen molar-refractivity contribution in [3.8, 4) is 0 Å². The number of hydrogen-bond donors (Lipinski definition) is 3. The Hall–Kier alpha value is -1.70. The lowest BCUT2D eigenvalue weighted by atomic mass is 9.94. The zero-order valence-corrected chi connectivity index (χ0v) is 18.5. The molecule has 0 aliphatic heterocycles. The first-order chi connectivity index (χ1) is 12.5. The summed E-state index contributed by atoms with van der Waals surface area (Å²) in [6.45, 7) is 12.8. The number of aromatic nitrogens is 2. The van der Waals surface area contributed by atoms with Crippen LogP contribution in [0.5, 0.6) is 0 Å². The largest absolute Gasteiger partial charge is 0.480 e. The molecule has 0 saturated carbocycles. The standard InChI is InChI=1S/C20H33N3O3Si/c1-13(12-16-22-14-10-8-9-11-15(14)23-16)18(17(21-5)19(24)25)26-27(6,7)20(2,3)4/h8-11,13,17-18,21H,12H2,1-7H3,(H,22,23)(H,24,25)/t13-,17+,18-/m1/s1. The number of fused-ring (bicyclic) bond motifs is 1. The summed E-state index contributed by atoms with van der Waals surface area (Å²) in [5.74, 6) is -0.0568. The number of rotatable bonds is 8. The van der Waals surface area contributed by atoms with E-state index in [0.29, 0.717) is 6.42 Å². The van der Waals surface area contributed by atoms with E-state index in [9.17, 15) is 9.90 Å². The zero-order chi connectivity index (χ0) is 20.4. The second-order valence-corrected chi connectivity index (χ2v) is 13.6. The molecule has 0 amide bonds. The van der Waals surface area contributed by atoms with Crippen LogP contribution in [0.15, 0.2) is 24.3 Å². The summed E-state index contributed by atoms with van der Waals surface area (Å²) in [5.41, 5.74) is 1.91. The van der Waals surface area contributed by atoms with Gasteiger partial charge in [0.1, 0.15) is 11.9 Å². The zero-order valence-electron chi connectivity index (χ0n) is 17.5. The van der Waals surface area contributed by atoms with Crippen LogP contribution in [0.3, 0.4) is 0 Å². The van der Waals surface area contributed by atoms with Gasteiger partial charge in [-0.25, -0.2) is 4.98 Å². The molecular formula is C20H33N3O3Si. The number of hydrogen-bond acceptors (Lipinski definition) is 4. The Morgan fingerprint density at radius 1 is 1.33 bits per heavy atom. The Labute approximate surface area is 162 Å². The van der Waals surface area contributed by atoms with Crippen LogP contribution < -0.4 is 5.32 Å². The molecule has 0 aliphatic rings. The number of benzene rings is 1. The molecule has 1 heterocycles. The Morgan fingerprint density at radius 2 is 1.96 bits per heavy atom. The van der Waals surface area contributed by atoms with Crippen LogP contribution in [0.4, 0.5) is 0 Å². The van der Waals surface area contributed by atoms with E-state index in [0.717, 1.165) is 16.9 Å². The molecule has 7 heteroatoms. The molecule has 0 aliphatic carbocycles. The summed E-state index contributed by atoms with van der Waals surface area (Å²) >= 11 is 0. The van der Waals surface area contributed by atoms with Crippen molar-refractivity contribution in [2.45, 2.75) is 64.4 Å². The maximum absolute atomic E-state index is 11.9. The molecule has 0 saturated heterocycles. The van der Waals surface area contributed by atoms with E-state index in [1.807, 2.05) is 31.2 Å². The van der Waals surface area contributed by atoms with Crippen molar-refractivity contribution in [3.05, 3.63) is 30.1 Å². The fourth-order valence-corrected chi connectivity index (χ4v) is 4.38. The summed E-state index contributed by atoms with van der Waals surface area (Å²) in [5, 5.41) is 12.7. The summed E-state index contributed by atoms with van der Waals surface area (Å²) in [7, 11) is -0.463. The molecule has 150 valence electrons. The number of carboxylic acid groups (broad SMARTS) is 1. The maximum atomic E-state index is 11.9. The van der Waals surface area contributed by atoms with Gasteiger partial charge in [-0.1, -0.05) is 39.8 Å². The highest BCUT2D eigenvalue weighted by Crippen LogP contribution is 2.38. The molecule has 0 fully saturated rings. The number of carbonyl (C=O) groups is 1. The van der Waals surface area contributed by atoms with E-state index in [2.05, 4.69) is 49.1 Å². The van der Waals surface area contributed by atoms with Gasteiger partial charge in [0.15, 0.2) is 8.32 Å². The van der Waals surface area contributed by atoms with Crippen LogP contribution in [0.2, 0.25) is 18.1 Å². The van der Waals surface area contributed by atoms with E-state index >= 15 is 0 Å². The molecule has 3 atom stereocenters. The molecular weight excluding hydrogens is 358 g/mol. The summed E-state index contributed by atoms with van der Waals surface area (Å²) < 4.78 is 6.58. The molecule has 1 aromatic carbocycles. The van der Waals surface area contributed by atoms with Crippen LogP contribution in [-0.4, -0.2) is 48.6 Å². The van der Waals surface area contributed by atoms with Gasteiger partial charge in [-0.3, -0.25) is 4.79 Å². The van der Waals surface area contributed by atoms with Crippen LogP contribution in [0, 0.1) is 5.92 Å². The predicted molar refractivity (Wildman–Crippen MR) is 112 cm³/mol. The van der Waals surface area contributed by atoms with Crippen molar-refractivity contribution in [1.29, 1.82) is 0 Å². The third-order valence-electron chi connectivity index (χ3n) is 5.66. The molecule has 0 spiro atoms. The fraction of sp³-hybridized carbons (Fsp3) is 0.600. The minimum atomic E-state index is -2.14. The van der Waals surface area contributed by atoms with Gasteiger partial charge < -0.3 is 19.8 Å². The van der Waals surface area contributed by atoms with Gasteiger partial charge >= 0.3 is 5.97 Å². The average molecular weight is 392 g/mol. The molecule has 0 bridgehead atoms. The van der Waals surface area contributed by atoms with E-state index < -0.39 is 26.4 Å². The van der Waals surface area contributed by atoms with Crippen molar-refractivity contribution in [2.75, 3.05) is 7.05 Å². The van der Waals surface area contributed by atoms with Crippen molar-refractivity contribution in [2.24, 2.45) is 5.92 Å². The minimum Gasteiger partial charge on any atom is -0.480 e. The van der Waals surface area contributed by atoms with Crippen LogP contribution in [0.1, 0.15) is 33.5 Å². The third kappa shape index (κ3) is 4.97. The van der Waals surface area contributed by atoms with E-state index in [1.165, 1.54) is 0 Å². The van der Waals surface area contributed by atoms with E-state index in [4.69, 9.17) is 4.43 Å². The number of aliphatic carboxylic acids is 1. The number of para-hydroxylation sites is 2. The summed E-state index contributed by atoms with van der Waals surface area (Å²) in [4.78, 5) is 19.8. The second-order valence-electron chi connectivity index (χ2n) is 8.83. The smallest absolute Gasteiger partial charge is 0.323 e. The fourth-order valence-electron chi connectivity index (χ4n) is 2.98. The lowest BCUT2D eigenvalue weighted by molar-refractivity contribution is -0.142. The number of aromatic amines is 1. The lowest BCUT2D eigenvalue weighted by Gasteiger charge is -2.42. The Kier molecular flexibility index (Phi) is 6.50. The Bertz CT molecular complexity index is 749. The molecule has 0 radical (unpaired) electrons. The first-order valence-corrected chi connectivity index (χ1v) is 12.4. The molecule has 2 aromatic rings. The van der Waals surface area contributed by atoms with E-state index in [-0.39, 0.29) is 11.0 Å². The molecule has 1 aromatic heterocycles. The molecule has 0 unspecified atom stereocenters. The molecule has 6 nitrogen and oxygen atoms in total. The average Bonchev–Trinajstić information content (AvgIpc) is 2.95. The van der Waals surface area contributed by atoms with Crippen molar-refractivity contribution in [3.63, 3.8) is 0 Å². The molecule has 3 N–H and O–H groups in total. The highest BCUT2D eigenvalue weighted by atomic mass is 28.4. The molecule has 27 heavy (non-hydrogen) atoms. The van der Waals surface area contributed by atoms with Crippen molar-refractivity contribution in [1.82, 2.24) is 15.3 Å². The van der Waals surface area contributed by atoms with E-state index in [1.54, 1.807) is 7.05 Å². The van der Waals surface area contributed by atoms with Gasteiger partial charge in [0.05, 0.1) is 17.1 Å². The minimum absolute atomic E-state index is 0.00112. The highest BCUT2D eigenvalue weighted by molar-refractivity contribution is 6.74. The van der Waals surface area contributed by atoms with Gasteiger partial charge in [-0.05, 0) is 43.2 Å². The lowest BCUT2D eigenvalue weighted by Crippen LogP contribution is -2.55. The third-order valence-corrected chi connectivity index (χ3v) is 10.1. The quantitative estimate of drug-likeness (QED) is 0.596. The first kappa shape index (κ1) is 21.6. The Balaban J connectivity index is 2.29. The van der Waals surface area contributed by atoms with Crippen LogP contribution >= 0.6 is 0 Å².